The van der Waals surface area contributed by atoms with E-state index in [0.717, 1.165) is 25.9 Å². The quantitative estimate of drug-likeness (QED) is 0.663. The number of hydrogen-bond donors (Lipinski definition) is 1. The molecule has 1 aliphatic carbocycles. The van der Waals surface area contributed by atoms with E-state index in [0.29, 0.717) is 17.8 Å². The number of amides is 1. The molecular formula is C26H37N3O3. The third-order valence-electron chi connectivity index (χ3n) is 7.00. The molecule has 4 aliphatic rings. The second-order valence-electron chi connectivity index (χ2n) is 11.1. The van der Waals surface area contributed by atoms with Gasteiger partial charge in [-0.1, -0.05) is 44.2 Å². The molecule has 174 valence electrons. The number of nitrogens with zero attached hydrogens (tertiary/aromatic N) is 2. The highest BCUT2D eigenvalue weighted by molar-refractivity contribution is 5.94. The number of rotatable bonds is 7. The third-order valence-corrected chi connectivity index (χ3v) is 7.00. The van der Waals surface area contributed by atoms with Crippen LogP contribution in [0.1, 0.15) is 46.6 Å². The summed E-state index contributed by atoms with van der Waals surface area (Å²) in [6, 6.07) is 10.6. The molecule has 5 atom stereocenters. The van der Waals surface area contributed by atoms with Gasteiger partial charge in [-0.3, -0.25) is 19.5 Å². The molecule has 1 N–H and O–H groups in total. The van der Waals surface area contributed by atoms with Gasteiger partial charge in [0, 0.05) is 31.3 Å². The smallest absolute Gasteiger partial charge is 0.325 e. The summed E-state index contributed by atoms with van der Waals surface area (Å²) >= 11 is 0. The highest BCUT2D eigenvalue weighted by atomic mass is 16.6. The van der Waals surface area contributed by atoms with Crippen molar-refractivity contribution in [2.45, 2.75) is 64.6 Å². The van der Waals surface area contributed by atoms with E-state index in [2.05, 4.69) is 48.3 Å². The van der Waals surface area contributed by atoms with Crippen LogP contribution in [0.3, 0.4) is 0 Å². The molecule has 6 heteroatoms. The van der Waals surface area contributed by atoms with Crippen molar-refractivity contribution < 1.29 is 14.3 Å². The number of esters is 1. The predicted octanol–water partition coefficient (Wildman–Crippen LogP) is 3.10. The Labute approximate surface area is 191 Å². The van der Waals surface area contributed by atoms with Crippen LogP contribution in [0.2, 0.25) is 0 Å². The average molecular weight is 440 g/mol. The Kier molecular flexibility index (Phi) is 6.19. The van der Waals surface area contributed by atoms with Crippen LogP contribution >= 0.6 is 0 Å². The lowest BCUT2D eigenvalue weighted by molar-refractivity contribution is -0.155. The van der Waals surface area contributed by atoms with Gasteiger partial charge in [0.15, 0.2) is 5.54 Å². The molecule has 0 unspecified atom stereocenters. The number of ether oxygens (including phenoxy) is 1. The van der Waals surface area contributed by atoms with Gasteiger partial charge in [-0.2, -0.15) is 0 Å². The minimum Gasteiger partial charge on any atom is -0.459 e. The monoisotopic (exact) mass is 439 g/mol. The maximum absolute atomic E-state index is 13.7. The van der Waals surface area contributed by atoms with Gasteiger partial charge in [0.2, 0.25) is 5.91 Å². The molecule has 0 spiro atoms. The summed E-state index contributed by atoms with van der Waals surface area (Å²) in [5.74, 6) is 0.880. The number of carbonyl (C=O) groups excluding carboxylic acids is 2. The second-order valence-corrected chi connectivity index (χ2v) is 11.1. The van der Waals surface area contributed by atoms with Crippen molar-refractivity contribution in [2.75, 3.05) is 19.6 Å². The number of carbonyl (C=O) groups is 2. The van der Waals surface area contributed by atoms with Gasteiger partial charge >= 0.3 is 5.97 Å². The number of hydrogen-bond acceptors (Lipinski definition) is 5. The summed E-state index contributed by atoms with van der Waals surface area (Å²) < 4.78 is 5.39. The summed E-state index contributed by atoms with van der Waals surface area (Å²) in [5, 5.41) is 2.90. The van der Waals surface area contributed by atoms with Gasteiger partial charge in [-0.05, 0) is 56.9 Å². The van der Waals surface area contributed by atoms with Crippen molar-refractivity contribution in [1.29, 1.82) is 0 Å². The summed E-state index contributed by atoms with van der Waals surface area (Å²) in [7, 11) is 0. The number of benzene rings is 1. The summed E-state index contributed by atoms with van der Waals surface area (Å²) in [6.07, 6.45) is 3.95. The van der Waals surface area contributed by atoms with E-state index in [1.807, 2.05) is 33.1 Å². The first kappa shape index (κ1) is 23.0. The molecule has 5 rings (SSSR count). The fourth-order valence-corrected chi connectivity index (χ4v) is 6.07. The molecule has 1 saturated carbocycles. The topological polar surface area (TPSA) is 71.0 Å². The van der Waals surface area contributed by atoms with Crippen molar-refractivity contribution in [3.05, 3.63) is 35.9 Å². The lowest BCUT2D eigenvalue weighted by Crippen LogP contribution is -2.66. The number of nitrogens with one attached hydrogen (secondary N) is 1. The largest absolute Gasteiger partial charge is 0.459 e. The van der Waals surface area contributed by atoms with Gasteiger partial charge in [0.05, 0.1) is 0 Å². The molecule has 1 aromatic rings. The first-order chi connectivity index (χ1) is 15.1. The number of aliphatic imine (C=N–C) groups is 1. The van der Waals surface area contributed by atoms with E-state index < -0.39 is 17.1 Å². The molecule has 0 radical (unpaired) electrons. The van der Waals surface area contributed by atoms with Crippen LogP contribution in [0, 0.1) is 23.7 Å². The molecular weight excluding hydrogens is 402 g/mol. The lowest BCUT2D eigenvalue weighted by Gasteiger charge is -2.51. The molecule has 1 aromatic carbocycles. The van der Waals surface area contributed by atoms with E-state index in [1.54, 1.807) is 0 Å². The zero-order chi connectivity index (χ0) is 23.1. The standard InChI is InChI=1S/C26H37N3O3/c1-17(2)15-29-16-20-12-19-13-28-26(20,24(31)27-14-22(30)32-25(3,4)5)23(29)21(19)11-18-9-7-6-8-10-18/h6-10,13,17,19-21,23H,11-12,14-16H2,1-5H3,(H,27,31)/t19-,20-,21+,23-,26-/m0/s1. The van der Waals surface area contributed by atoms with Crippen molar-refractivity contribution >= 4 is 18.1 Å². The van der Waals surface area contributed by atoms with Crippen molar-refractivity contribution in [3.8, 4) is 0 Å². The van der Waals surface area contributed by atoms with E-state index in [9.17, 15) is 9.59 Å². The summed E-state index contributed by atoms with van der Waals surface area (Å²) in [5.41, 5.74) is -0.0872. The van der Waals surface area contributed by atoms with Crippen LogP contribution in [0.4, 0.5) is 0 Å². The zero-order valence-electron chi connectivity index (χ0n) is 20.0. The van der Waals surface area contributed by atoms with Crippen LogP contribution in [-0.2, 0) is 20.7 Å². The number of likely N-dealkylation sites (tertiary alicyclic amines) is 1. The SMILES string of the molecule is CC(C)CN1C[C@@H]2C[C@H]3C=N[C@]2(C(=O)NCC(=O)OC(C)(C)C)[C@@H]1[C@@H]3Cc1ccccc1. The Bertz CT molecular complexity index is 876. The first-order valence-corrected chi connectivity index (χ1v) is 11.9. The van der Waals surface area contributed by atoms with Crippen molar-refractivity contribution in [1.82, 2.24) is 10.2 Å². The zero-order valence-corrected chi connectivity index (χ0v) is 20.0. The molecule has 1 amide bonds. The van der Waals surface area contributed by atoms with Gasteiger partial charge in [-0.25, -0.2) is 0 Å². The van der Waals surface area contributed by atoms with E-state index >= 15 is 0 Å². The van der Waals surface area contributed by atoms with E-state index in [1.165, 1.54) is 5.56 Å². The Hall–Kier alpha value is -2.21. The van der Waals surface area contributed by atoms with Crippen LogP contribution in [0.15, 0.2) is 35.3 Å². The Morgan fingerprint density at radius 2 is 1.97 bits per heavy atom. The third kappa shape index (κ3) is 4.34. The first-order valence-electron chi connectivity index (χ1n) is 11.9. The average Bonchev–Trinajstić information content (AvgIpc) is 2.96. The highest BCUT2D eigenvalue weighted by Crippen LogP contribution is 2.54. The molecule has 4 bridgehead atoms. The van der Waals surface area contributed by atoms with E-state index in [4.69, 9.17) is 9.73 Å². The van der Waals surface area contributed by atoms with Crippen LogP contribution in [0.5, 0.6) is 0 Å². The molecule has 6 nitrogen and oxygen atoms in total. The highest BCUT2D eigenvalue weighted by Gasteiger charge is 2.67. The van der Waals surface area contributed by atoms with Crippen LogP contribution in [-0.4, -0.2) is 59.8 Å². The minimum atomic E-state index is -0.814. The van der Waals surface area contributed by atoms with Crippen molar-refractivity contribution in [3.63, 3.8) is 0 Å². The molecule has 0 aromatic heterocycles. The maximum atomic E-state index is 13.7. The minimum absolute atomic E-state index is 0.0532. The maximum Gasteiger partial charge on any atom is 0.325 e. The second kappa shape index (κ2) is 8.62. The molecule has 32 heavy (non-hydrogen) atoms. The normalized spacial score (nSPS) is 31.2. The van der Waals surface area contributed by atoms with E-state index in [-0.39, 0.29) is 24.4 Å². The van der Waals surface area contributed by atoms with Crippen molar-refractivity contribution in [2.24, 2.45) is 28.7 Å². The Balaban J connectivity index is 1.59. The lowest BCUT2D eigenvalue weighted by atomic mass is 9.59. The molecule has 2 fully saturated rings. The molecule has 1 saturated heterocycles. The Morgan fingerprint density at radius 3 is 2.62 bits per heavy atom. The summed E-state index contributed by atoms with van der Waals surface area (Å²) in [6.45, 7) is 11.7. The Morgan fingerprint density at radius 1 is 1.25 bits per heavy atom. The van der Waals surface area contributed by atoms with Gasteiger partial charge in [-0.15, -0.1) is 0 Å². The van der Waals surface area contributed by atoms with Gasteiger partial charge < -0.3 is 10.1 Å². The molecule has 3 aliphatic heterocycles. The molecule has 3 heterocycles. The fourth-order valence-electron chi connectivity index (χ4n) is 6.07. The predicted molar refractivity (Wildman–Crippen MR) is 126 cm³/mol. The summed E-state index contributed by atoms with van der Waals surface area (Å²) in [4.78, 5) is 33.4. The van der Waals surface area contributed by atoms with Gasteiger partial charge in [0.1, 0.15) is 12.1 Å². The fraction of sp³-hybridized carbons (Fsp3) is 0.654. The van der Waals surface area contributed by atoms with Crippen LogP contribution < -0.4 is 5.32 Å². The van der Waals surface area contributed by atoms with Crippen LogP contribution in [0.25, 0.3) is 0 Å². The van der Waals surface area contributed by atoms with Gasteiger partial charge in [0.25, 0.3) is 0 Å².